The van der Waals surface area contributed by atoms with Gasteiger partial charge < -0.3 is 14.9 Å². The Hall–Kier alpha value is -3.34. The van der Waals surface area contributed by atoms with E-state index in [4.69, 9.17) is 4.98 Å². The number of hydrogen-bond acceptors (Lipinski definition) is 2. The summed E-state index contributed by atoms with van der Waals surface area (Å²) in [6, 6.07) is 15.9. The number of nitrogens with one attached hydrogen (secondary N) is 2. The predicted octanol–water partition coefficient (Wildman–Crippen LogP) is 4.55. The van der Waals surface area contributed by atoms with Crippen LogP contribution < -0.4 is 5.32 Å². The molecule has 5 nitrogen and oxygen atoms in total. The second-order valence-electron chi connectivity index (χ2n) is 7.32. The number of rotatable bonds is 4. The number of benzene rings is 2. The highest BCUT2D eigenvalue weighted by Gasteiger charge is 2.16. The molecule has 2 aromatic heterocycles. The van der Waals surface area contributed by atoms with Crippen molar-refractivity contribution in [3.05, 3.63) is 72.3 Å². The lowest BCUT2D eigenvalue weighted by Crippen LogP contribution is -2.14. The number of aromatic nitrogens is 3. The summed E-state index contributed by atoms with van der Waals surface area (Å²) in [5, 5.41) is 4.18. The summed E-state index contributed by atoms with van der Waals surface area (Å²) in [7, 11) is 0. The van der Waals surface area contributed by atoms with Crippen LogP contribution in [0.25, 0.3) is 22.2 Å². The van der Waals surface area contributed by atoms with Crippen LogP contribution in [0.1, 0.15) is 24.2 Å². The number of nitrogens with zero attached hydrogens (tertiary/aromatic N) is 2. The lowest BCUT2D eigenvalue weighted by atomic mass is 10.1. The number of aryl methyl sites for hydroxylation is 2. The Morgan fingerprint density at radius 1 is 1.11 bits per heavy atom. The molecule has 5 rings (SSSR count). The quantitative estimate of drug-likeness (QED) is 0.554. The van der Waals surface area contributed by atoms with E-state index in [1.807, 2.05) is 54.7 Å². The van der Waals surface area contributed by atoms with Crippen molar-refractivity contribution < 1.29 is 4.79 Å². The van der Waals surface area contributed by atoms with Gasteiger partial charge in [0.25, 0.3) is 0 Å². The fourth-order valence-corrected chi connectivity index (χ4v) is 4.00. The van der Waals surface area contributed by atoms with Crippen LogP contribution in [0.5, 0.6) is 0 Å². The van der Waals surface area contributed by atoms with E-state index >= 15 is 0 Å². The number of imidazole rings is 1. The summed E-state index contributed by atoms with van der Waals surface area (Å²) in [5.41, 5.74) is 4.76. The zero-order valence-electron chi connectivity index (χ0n) is 15.6. The Bertz CT molecular complexity index is 1130. The highest BCUT2D eigenvalue weighted by atomic mass is 16.1. The maximum atomic E-state index is 12.8. The molecule has 5 heteroatoms. The number of carbonyl (C=O) groups excluding carboxylic acids is 1. The number of carbonyl (C=O) groups is 1. The van der Waals surface area contributed by atoms with E-state index in [1.54, 1.807) is 0 Å². The smallest absolute Gasteiger partial charge is 0.228 e. The lowest BCUT2D eigenvalue weighted by molar-refractivity contribution is -0.115. The first-order valence-corrected chi connectivity index (χ1v) is 9.78. The Morgan fingerprint density at radius 2 is 1.96 bits per heavy atom. The Kier molecular flexibility index (Phi) is 4.20. The molecule has 0 saturated carbocycles. The van der Waals surface area contributed by atoms with Crippen LogP contribution in [0.2, 0.25) is 0 Å². The number of anilines is 1. The van der Waals surface area contributed by atoms with Crippen molar-refractivity contribution in [3.8, 4) is 11.3 Å². The molecule has 0 unspecified atom stereocenters. The summed E-state index contributed by atoms with van der Waals surface area (Å²) < 4.78 is 2.24. The van der Waals surface area contributed by atoms with Gasteiger partial charge in [-0.2, -0.15) is 0 Å². The van der Waals surface area contributed by atoms with Crippen LogP contribution in [0.4, 0.5) is 5.69 Å². The molecular formula is C23H22N4O. The van der Waals surface area contributed by atoms with Gasteiger partial charge in [-0.05, 0) is 30.5 Å². The zero-order valence-corrected chi connectivity index (χ0v) is 15.6. The molecule has 0 atom stereocenters. The minimum atomic E-state index is -0.0267. The summed E-state index contributed by atoms with van der Waals surface area (Å²) in [6.07, 6.45) is 7.77. The molecule has 4 aromatic rings. The van der Waals surface area contributed by atoms with Crippen molar-refractivity contribution in [2.45, 2.75) is 32.2 Å². The molecule has 0 fully saturated rings. The molecule has 1 aliphatic heterocycles. The standard InChI is InChI=1S/C23H22N4O/c28-23(13-16-14-24-19-9-3-1-7-17(16)19)26-20-10-4-2-8-18(20)21-15-27-12-6-5-11-22(27)25-21/h1-4,7-10,14-15,24H,5-6,11-13H2,(H,26,28). The lowest BCUT2D eigenvalue weighted by Gasteiger charge is -2.11. The van der Waals surface area contributed by atoms with Gasteiger partial charge in [0.15, 0.2) is 0 Å². The van der Waals surface area contributed by atoms with E-state index < -0.39 is 0 Å². The van der Waals surface area contributed by atoms with Crippen LogP contribution in [0, 0.1) is 0 Å². The van der Waals surface area contributed by atoms with Gasteiger partial charge in [0, 0.05) is 41.8 Å². The number of amides is 1. The topological polar surface area (TPSA) is 62.7 Å². The van der Waals surface area contributed by atoms with Gasteiger partial charge in [-0.1, -0.05) is 36.4 Å². The molecule has 0 bridgehead atoms. The largest absolute Gasteiger partial charge is 0.361 e. The Balaban J connectivity index is 1.40. The monoisotopic (exact) mass is 370 g/mol. The average Bonchev–Trinajstić information content (AvgIpc) is 3.33. The van der Waals surface area contributed by atoms with E-state index in [0.717, 1.165) is 52.2 Å². The second kappa shape index (κ2) is 7.00. The Morgan fingerprint density at radius 3 is 2.89 bits per heavy atom. The van der Waals surface area contributed by atoms with Crippen molar-refractivity contribution in [2.75, 3.05) is 5.32 Å². The van der Waals surface area contributed by atoms with Crippen molar-refractivity contribution in [1.29, 1.82) is 0 Å². The zero-order chi connectivity index (χ0) is 18.9. The second-order valence-corrected chi connectivity index (χ2v) is 7.32. The number of fused-ring (bicyclic) bond motifs is 2. The van der Waals surface area contributed by atoms with Crippen molar-refractivity contribution >= 4 is 22.5 Å². The van der Waals surface area contributed by atoms with E-state index in [0.29, 0.717) is 6.42 Å². The molecule has 1 aliphatic rings. The van der Waals surface area contributed by atoms with E-state index in [2.05, 4.69) is 21.1 Å². The van der Waals surface area contributed by atoms with Crippen molar-refractivity contribution in [1.82, 2.24) is 14.5 Å². The SMILES string of the molecule is O=C(Cc1c[nH]c2ccccc12)Nc1ccccc1-c1cn2c(n1)CCCC2. The van der Waals surface area contributed by atoms with E-state index in [-0.39, 0.29) is 5.91 Å². The third kappa shape index (κ3) is 3.09. The third-order valence-corrected chi connectivity index (χ3v) is 5.41. The summed E-state index contributed by atoms with van der Waals surface area (Å²) in [6.45, 7) is 1.03. The number of aromatic amines is 1. The summed E-state index contributed by atoms with van der Waals surface area (Å²) in [5.74, 6) is 1.11. The maximum Gasteiger partial charge on any atom is 0.228 e. The minimum Gasteiger partial charge on any atom is -0.361 e. The van der Waals surface area contributed by atoms with Gasteiger partial charge in [-0.3, -0.25) is 4.79 Å². The highest BCUT2D eigenvalue weighted by Crippen LogP contribution is 2.29. The van der Waals surface area contributed by atoms with Crippen LogP contribution in [-0.2, 0) is 24.2 Å². The van der Waals surface area contributed by atoms with Gasteiger partial charge in [-0.15, -0.1) is 0 Å². The first-order valence-electron chi connectivity index (χ1n) is 9.78. The molecule has 0 radical (unpaired) electrons. The fraction of sp³-hybridized carbons (Fsp3) is 0.217. The van der Waals surface area contributed by atoms with Gasteiger partial charge in [0.1, 0.15) is 5.82 Å². The van der Waals surface area contributed by atoms with Crippen LogP contribution in [0.3, 0.4) is 0 Å². The molecule has 0 aliphatic carbocycles. The van der Waals surface area contributed by atoms with Crippen molar-refractivity contribution in [2.24, 2.45) is 0 Å². The summed E-state index contributed by atoms with van der Waals surface area (Å²) >= 11 is 0. The van der Waals surface area contributed by atoms with Crippen LogP contribution >= 0.6 is 0 Å². The van der Waals surface area contributed by atoms with E-state index in [1.165, 1.54) is 12.8 Å². The molecule has 140 valence electrons. The van der Waals surface area contributed by atoms with E-state index in [9.17, 15) is 4.79 Å². The average molecular weight is 370 g/mol. The summed E-state index contributed by atoms with van der Waals surface area (Å²) in [4.78, 5) is 20.8. The molecular weight excluding hydrogens is 348 g/mol. The normalized spacial score (nSPS) is 13.4. The molecule has 28 heavy (non-hydrogen) atoms. The molecule has 2 N–H and O–H groups in total. The fourth-order valence-electron chi connectivity index (χ4n) is 4.00. The Labute approximate surface area is 163 Å². The predicted molar refractivity (Wildman–Crippen MR) is 111 cm³/mol. The number of para-hydroxylation sites is 2. The molecule has 2 aromatic carbocycles. The molecule has 0 saturated heterocycles. The van der Waals surface area contributed by atoms with Crippen molar-refractivity contribution in [3.63, 3.8) is 0 Å². The molecule has 3 heterocycles. The van der Waals surface area contributed by atoms with Gasteiger partial charge in [0.05, 0.1) is 17.8 Å². The van der Waals surface area contributed by atoms with Crippen LogP contribution in [-0.4, -0.2) is 20.4 Å². The third-order valence-electron chi connectivity index (χ3n) is 5.41. The van der Waals surface area contributed by atoms with Gasteiger partial charge in [0.2, 0.25) is 5.91 Å². The van der Waals surface area contributed by atoms with Gasteiger partial charge >= 0.3 is 0 Å². The maximum absolute atomic E-state index is 12.8. The van der Waals surface area contributed by atoms with Gasteiger partial charge in [-0.25, -0.2) is 4.98 Å². The number of hydrogen-bond donors (Lipinski definition) is 2. The first kappa shape index (κ1) is 16.8. The first-order chi connectivity index (χ1) is 13.8. The van der Waals surface area contributed by atoms with Crippen LogP contribution in [0.15, 0.2) is 60.9 Å². The molecule has 1 amide bonds. The number of H-pyrrole nitrogens is 1. The molecule has 0 spiro atoms. The minimum absolute atomic E-state index is 0.0267. The highest BCUT2D eigenvalue weighted by molar-refractivity contribution is 5.98.